The van der Waals surface area contributed by atoms with Gasteiger partial charge in [-0.25, -0.2) is 9.67 Å². The maximum absolute atomic E-state index is 5.97. The highest BCUT2D eigenvalue weighted by Crippen LogP contribution is 2.41. The van der Waals surface area contributed by atoms with Gasteiger partial charge in [-0.3, -0.25) is 4.98 Å². The standard InChI is InChI=1S/C18H17N7O2S/c1-8-4-20-11(9(2)15(8)26-3)6-25-16-13-14(24-25)10-5-21-27-12(10)7-28-17(13)23-18(19)22-16/h4-5H,6-7H2,1-3H3,(H2,19,22,23). The number of rotatable bonds is 3. The minimum Gasteiger partial charge on any atom is -0.496 e. The third-order valence-corrected chi connectivity index (χ3v) is 5.84. The molecule has 142 valence electrons. The lowest BCUT2D eigenvalue weighted by Gasteiger charge is -2.12. The predicted octanol–water partition coefficient (Wildman–Crippen LogP) is 2.74. The Hall–Kier alpha value is -3.14. The van der Waals surface area contributed by atoms with Crippen LogP contribution in [0.15, 0.2) is 21.9 Å². The number of hydrogen-bond donors (Lipinski definition) is 1. The third kappa shape index (κ3) is 2.44. The van der Waals surface area contributed by atoms with Crippen LogP contribution >= 0.6 is 11.8 Å². The Morgan fingerprint density at radius 2 is 2.14 bits per heavy atom. The first-order valence-electron chi connectivity index (χ1n) is 8.66. The lowest BCUT2D eigenvalue weighted by Crippen LogP contribution is -2.09. The number of fused-ring (bicyclic) bond motifs is 2. The summed E-state index contributed by atoms with van der Waals surface area (Å²) >= 11 is 1.54. The van der Waals surface area contributed by atoms with Crippen LogP contribution in [0.1, 0.15) is 22.6 Å². The van der Waals surface area contributed by atoms with Gasteiger partial charge in [0.1, 0.15) is 16.5 Å². The summed E-state index contributed by atoms with van der Waals surface area (Å²) in [6.07, 6.45) is 3.49. The summed E-state index contributed by atoms with van der Waals surface area (Å²) in [5, 5.41) is 10.4. The average molecular weight is 395 g/mol. The quantitative estimate of drug-likeness (QED) is 0.522. The van der Waals surface area contributed by atoms with Gasteiger partial charge < -0.3 is 15.0 Å². The number of nitrogens with zero attached hydrogens (tertiary/aromatic N) is 6. The van der Waals surface area contributed by atoms with E-state index < -0.39 is 0 Å². The maximum Gasteiger partial charge on any atom is 0.223 e. The van der Waals surface area contributed by atoms with Gasteiger partial charge in [0, 0.05) is 17.3 Å². The lowest BCUT2D eigenvalue weighted by molar-refractivity contribution is 0.395. The Morgan fingerprint density at radius 1 is 1.29 bits per heavy atom. The van der Waals surface area contributed by atoms with E-state index in [1.165, 1.54) is 0 Å². The molecule has 9 nitrogen and oxygen atoms in total. The summed E-state index contributed by atoms with van der Waals surface area (Å²) in [5.41, 5.74) is 11.1. The van der Waals surface area contributed by atoms with Crippen molar-refractivity contribution in [2.24, 2.45) is 0 Å². The zero-order valence-corrected chi connectivity index (χ0v) is 16.4. The molecular formula is C18H17N7O2S. The van der Waals surface area contributed by atoms with Crippen LogP contribution in [0.2, 0.25) is 0 Å². The van der Waals surface area contributed by atoms with Crippen molar-refractivity contribution in [3.05, 3.63) is 35.0 Å². The van der Waals surface area contributed by atoms with Gasteiger partial charge in [0.25, 0.3) is 0 Å². The number of nitrogen functional groups attached to an aromatic ring is 1. The topological polar surface area (TPSA) is 118 Å². The molecule has 0 aromatic carbocycles. The number of pyridine rings is 1. The minimum absolute atomic E-state index is 0.213. The molecule has 4 aromatic rings. The first-order valence-corrected chi connectivity index (χ1v) is 9.65. The van der Waals surface area contributed by atoms with Crippen molar-refractivity contribution in [3.63, 3.8) is 0 Å². The molecule has 0 amide bonds. The van der Waals surface area contributed by atoms with Crippen LogP contribution in [-0.2, 0) is 12.3 Å². The average Bonchev–Trinajstić information content (AvgIpc) is 3.24. The highest BCUT2D eigenvalue weighted by Gasteiger charge is 2.27. The van der Waals surface area contributed by atoms with Crippen LogP contribution in [-0.4, -0.2) is 37.0 Å². The van der Waals surface area contributed by atoms with Crippen LogP contribution in [0.3, 0.4) is 0 Å². The van der Waals surface area contributed by atoms with Crippen molar-refractivity contribution in [3.8, 4) is 17.0 Å². The van der Waals surface area contributed by atoms with Crippen LogP contribution in [0.25, 0.3) is 22.3 Å². The minimum atomic E-state index is 0.213. The van der Waals surface area contributed by atoms with Gasteiger partial charge in [-0.2, -0.15) is 10.1 Å². The second kappa shape index (κ2) is 6.20. The first-order chi connectivity index (χ1) is 13.6. The smallest absolute Gasteiger partial charge is 0.223 e. The largest absolute Gasteiger partial charge is 0.496 e. The fourth-order valence-corrected chi connectivity index (χ4v) is 4.49. The summed E-state index contributed by atoms with van der Waals surface area (Å²) < 4.78 is 12.7. The van der Waals surface area contributed by atoms with Gasteiger partial charge in [-0.15, -0.1) is 0 Å². The molecule has 5 heterocycles. The van der Waals surface area contributed by atoms with E-state index in [1.54, 1.807) is 35.9 Å². The normalized spacial score (nSPS) is 12.8. The van der Waals surface area contributed by atoms with E-state index in [4.69, 9.17) is 20.1 Å². The van der Waals surface area contributed by atoms with E-state index in [2.05, 4.69) is 20.1 Å². The van der Waals surface area contributed by atoms with E-state index in [0.717, 1.165) is 50.0 Å². The second-order valence-electron chi connectivity index (χ2n) is 6.59. The molecule has 28 heavy (non-hydrogen) atoms. The number of aromatic nitrogens is 6. The van der Waals surface area contributed by atoms with E-state index >= 15 is 0 Å². The Morgan fingerprint density at radius 3 is 2.96 bits per heavy atom. The summed E-state index contributed by atoms with van der Waals surface area (Å²) in [6.45, 7) is 4.40. The maximum atomic E-state index is 5.97. The second-order valence-corrected chi connectivity index (χ2v) is 7.55. The molecule has 2 N–H and O–H groups in total. The Bertz CT molecular complexity index is 1230. The summed E-state index contributed by atoms with van der Waals surface area (Å²) in [7, 11) is 1.66. The van der Waals surface area contributed by atoms with Crippen molar-refractivity contribution in [1.29, 1.82) is 0 Å². The van der Waals surface area contributed by atoms with E-state index in [1.807, 2.05) is 13.8 Å². The van der Waals surface area contributed by atoms with Gasteiger partial charge in [0.15, 0.2) is 11.4 Å². The number of aryl methyl sites for hydroxylation is 1. The fraction of sp³-hybridized carbons (Fsp3) is 0.278. The number of nitrogens with two attached hydrogens (primary N) is 1. The van der Waals surface area contributed by atoms with Crippen LogP contribution in [0, 0.1) is 13.8 Å². The fourth-order valence-electron chi connectivity index (χ4n) is 3.53. The molecule has 0 unspecified atom stereocenters. The van der Waals surface area contributed by atoms with Crippen LogP contribution < -0.4 is 10.5 Å². The van der Waals surface area contributed by atoms with Crippen molar-refractivity contribution in [2.75, 3.05) is 12.8 Å². The summed E-state index contributed by atoms with van der Waals surface area (Å²) in [4.78, 5) is 13.5. The monoisotopic (exact) mass is 395 g/mol. The molecule has 0 saturated heterocycles. The Kier molecular flexibility index (Phi) is 3.76. The number of thioether (sulfide) groups is 1. The Balaban J connectivity index is 1.72. The highest BCUT2D eigenvalue weighted by molar-refractivity contribution is 7.98. The molecule has 0 radical (unpaired) electrons. The first kappa shape index (κ1) is 17.0. The highest BCUT2D eigenvalue weighted by atomic mass is 32.2. The van der Waals surface area contributed by atoms with Crippen molar-refractivity contribution >= 4 is 28.7 Å². The molecule has 0 saturated carbocycles. The molecule has 0 atom stereocenters. The zero-order valence-electron chi connectivity index (χ0n) is 15.6. The number of ether oxygens (including phenoxy) is 1. The van der Waals surface area contributed by atoms with Crippen LogP contribution in [0.5, 0.6) is 5.75 Å². The van der Waals surface area contributed by atoms with E-state index in [0.29, 0.717) is 17.9 Å². The SMILES string of the molecule is COc1c(C)cnc(Cn2nc3c4c(nc(N)nc42)SCc2oncc2-3)c1C. The molecule has 4 aromatic heterocycles. The number of methoxy groups -OCH3 is 1. The molecular weight excluding hydrogens is 378 g/mol. The molecule has 0 bridgehead atoms. The molecule has 5 rings (SSSR count). The van der Waals surface area contributed by atoms with E-state index in [9.17, 15) is 0 Å². The van der Waals surface area contributed by atoms with Crippen molar-refractivity contribution in [2.45, 2.75) is 31.2 Å². The zero-order chi connectivity index (χ0) is 19.4. The molecule has 0 fully saturated rings. The number of anilines is 1. The van der Waals surface area contributed by atoms with E-state index in [-0.39, 0.29) is 5.95 Å². The molecule has 1 aliphatic heterocycles. The molecule has 0 spiro atoms. The molecule has 10 heteroatoms. The van der Waals surface area contributed by atoms with Gasteiger partial charge in [0.2, 0.25) is 5.95 Å². The van der Waals surface area contributed by atoms with Gasteiger partial charge >= 0.3 is 0 Å². The number of hydrogen-bond acceptors (Lipinski definition) is 9. The summed E-state index contributed by atoms with van der Waals surface area (Å²) in [5.74, 6) is 2.42. The van der Waals surface area contributed by atoms with Crippen LogP contribution in [0.4, 0.5) is 5.95 Å². The Labute approximate surface area is 164 Å². The predicted molar refractivity (Wildman–Crippen MR) is 104 cm³/mol. The van der Waals surface area contributed by atoms with Gasteiger partial charge in [-0.1, -0.05) is 16.9 Å². The lowest BCUT2D eigenvalue weighted by atomic mass is 10.1. The summed E-state index contributed by atoms with van der Waals surface area (Å²) in [6, 6.07) is 0. The van der Waals surface area contributed by atoms with Gasteiger partial charge in [0.05, 0.1) is 42.2 Å². The molecule has 1 aliphatic rings. The van der Waals surface area contributed by atoms with Crippen molar-refractivity contribution < 1.29 is 9.26 Å². The van der Waals surface area contributed by atoms with Gasteiger partial charge in [-0.05, 0) is 13.8 Å². The molecule has 0 aliphatic carbocycles. The third-order valence-electron chi connectivity index (χ3n) is 4.87. The van der Waals surface area contributed by atoms with Crippen molar-refractivity contribution in [1.82, 2.24) is 29.9 Å².